The van der Waals surface area contributed by atoms with Crippen LogP contribution in [0, 0.1) is 0 Å². The number of aromatic nitrogens is 1. The van der Waals surface area contributed by atoms with E-state index in [9.17, 15) is 22.8 Å². The molecule has 0 spiro atoms. The number of nitrogens with zero attached hydrogens (tertiary/aromatic N) is 2. The van der Waals surface area contributed by atoms with Crippen LogP contribution >= 0.6 is 0 Å². The van der Waals surface area contributed by atoms with Crippen LogP contribution in [-0.4, -0.2) is 35.0 Å². The van der Waals surface area contributed by atoms with Crippen molar-refractivity contribution in [3.63, 3.8) is 0 Å². The average Bonchev–Trinajstić information content (AvgIpc) is 3.06. The van der Waals surface area contributed by atoms with Crippen LogP contribution in [0.2, 0.25) is 0 Å². The largest absolute Gasteiger partial charge is 0.416 e. The first-order valence-corrected chi connectivity index (χ1v) is 7.09. The molecular weight excluding hydrogens is 339 g/mol. The Morgan fingerprint density at radius 2 is 2.08 bits per heavy atom. The van der Waals surface area contributed by atoms with Crippen molar-refractivity contribution in [2.24, 2.45) is 0 Å². The zero-order valence-electron chi connectivity index (χ0n) is 12.9. The molecule has 2 rings (SSSR count). The predicted octanol–water partition coefficient (Wildman–Crippen LogP) is 2.96. The second-order valence-corrected chi connectivity index (χ2v) is 4.99. The summed E-state index contributed by atoms with van der Waals surface area (Å²) in [4.78, 5) is 25.5. The molecule has 1 aromatic heterocycles. The molecule has 0 unspecified atom stereocenters. The van der Waals surface area contributed by atoms with Crippen LogP contribution in [0.15, 0.2) is 53.8 Å². The number of carbonyl (C=O) groups is 2. The van der Waals surface area contributed by atoms with Gasteiger partial charge in [0.2, 0.25) is 5.91 Å². The third-order valence-corrected chi connectivity index (χ3v) is 3.11. The van der Waals surface area contributed by atoms with Crippen molar-refractivity contribution < 1.29 is 27.3 Å². The summed E-state index contributed by atoms with van der Waals surface area (Å²) < 4.78 is 42.9. The first kappa shape index (κ1) is 18.2. The number of halogens is 3. The number of benzene rings is 1. The van der Waals surface area contributed by atoms with Gasteiger partial charge in [-0.15, -0.1) is 6.58 Å². The zero-order valence-corrected chi connectivity index (χ0v) is 12.9. The van der Waals surface area contributed by atoms with Crippen LogP contribution in [0.1, 0.15) is 15.9 Å². The van der Waals surface area contributed by atoms with E-state index >= 15 is 0 Å². The number of hydrogen-bond donors (Lipinski definition) is 1. The maximum Gasteiger partial charge on any atom is 0.416 e. The van der Waals surface area contributed by atoms with Crippen molar-refractivity contribution in [1.82, 2.24) is 10.1 Å². The normalized spacial score (nSPS) is 11.0. The standard InChI is InChI=1S/C16H14F3N3O3/c1-2-7-22(10-14(23)20-13-6-8-25-21-13)15(24)11-4-3-5-12(9-11)16(17,18)19/h2-6,8-9H,1,7,10H2,(H,20,21,23). The Bertz CT molecular complexity index is 757. The van der Waals surface area contributed by atoms with Crippen LogP contribution in [0.4, 0.5) is 19.0 Å². The average molecular weight is 353 g/mol. The van der Waals surface area contributed by atoms with Crippen molar-refractivity contribution in [3.05, 3.63) is 60.4 Å². The summed E-state index contributed by atoms with van der Waals surface area (Å²) in [7, 11) is 0. The SMILES string of the molecule is C=CCN(CC(=O)Nc1ccon1)C(=O)c1cccc(C(F)(F)F)c1. The molecule has 9 heteroatoms. The highest BCUT2D eigenvalue weighted by molar-refractivity contribution is 5.99. The van der Waals surface area contributed by atoms with E-state index in [0.717, 1.165) is 23.1 Å². The van der Waals surface area contributed by atoms with Crippen molar-refractivity contribution in [3.8, 4) is 0 Å². The fourth-order valence-corrected chi connectivity index (χ4v) is 2.02. The van der Waals surface area contributed by atoms with Crippen molar-refractivity contribution in [1.29, 1.82) is 0 Å². The molecule has 0 aliphatic rings. The quantitative estimate of drug-likeness (QED) is 0.810. The smallest absolute Gasteiger partial charge is 0.363 e. The van der Waals surface area contributed by atoms with Crippen molar-refractivity contribution in [2.75, 3.05) is 18.4 Å². The molecule has 25 heavy (non-hydrogen) atoms. The fraction of sp³-hybridized carbons (Fsp3) is 0.188. The monoisotopic (exact) mass is 353 g/mol. The zero-order chi connectivity index (χ0) is 18.4. The van der Waals surface area contributed by atoms with Gasteiger partial charge in [0.15, 0.2) is 5.82 Å². The van der Waals surface area contributed by atoms with Gasteiger partial charge in [0.05, 0.1) is 5.56 Å². The number of nitrogens with one attached hydrogen (secondary N) is 1. The number of anilines is 1. The molecule has 2 aromatic rings. The Morgan fingerprint density at radius 1 is 1.32 bits per heavy atom. The predicted molar refractivity (Wildman–Crippen MR) is 82.7 cm³/mol. The van der Waals surface area contributed by atoms with E-state index in [0.29, 0.717) is 0 Å². The molecule has 0 aliphatic heterocycles. The van der Waals surface area contributed by atoms with E-state index in [4.69, 9.17) is 0 Å². The topological polar surface area (TPSA) is 75.4 Å². The lowest BCUT2D eigenvalue weighted by atomic mass is 10.1. The maximum absolute atomic E-state index is 12.8. The van der Waals surface area contributed by atoms with Crippen LogP contribution in [0.3, 0.4) is 0 Å². The fourth-order valence-electron chi connectivity index (χ4n) is 2.02. The molecule has 0 aliphatic carbocycles. The van der Waals surface area contributed by atoms with Gasteiger partial charge >= 0.3 is 6.18 Å². The Labute approximate surface area is 140 Å². The lowest BCUT2D eigenvalue weighted by Crippen LogP contribution is -2.38. The van der Waals surface area contributed by atoms with Crippen molar-refractivity contribution in [2.45, 2.75) is 6.18 Å². The summed E-state index contributed by atoms with van der Waals surface area (Å²) in [6.07, 6.45) is -1.94. The lowest BCUT2D eigenvalue weighted by molar-refractivity contribution is -0.137. The number of alkyl halides is 3. The van der Waals surface area contributed by atoms with Crippen LogP contribution < -0.4 is 5.32 Å². The second kappa shape index (κ2) is 7.65. The lowest BCUT2D eigenvalue weighted by Gasteiger charge is -2.21. The number of rotatable bonds is 6. The van der Waals surface area contributed by atoms with Gasteiger partial charge in [0.25, 0.3) is 5.91 Å². The minimum absolute atomic E-state index is 0.0126. The second-order valence-electron chi connectivity index (χ2n) is 4.99. The molecule has 0 radical (unpaired) electrons. The highest BCUT2D eigenvalue weighted by Crippen LogP contribution is 2.29. The van der Waals surface area contributed by atoms with E-state index in [1.165, 1.54) is 24.5 Å². The Morgan fingerprint density at radius 3 is 2.68 bits per heavy atom. The number of amides is 2. The van der Waals surface area contributed by atoms with Crippen LogP contribution in [0.5, 0.6) is 0 Å². The molecule has 1 heterocycles. The van der Waals surface area contributed by atoms with Gasteiger partial charge < -0.3 is 14.7 Å². The highest BCUT2D eigenvalue weighted by atomic mass is 19.4. The molecule has 0 saturated carbocycles. The summed E-state index contributed by atoms with van der Waals surface area (Å²) in [5, 5.41) is 5.90. The van der Waals surface area contributed by atoms with Crippen LogP contribution in [-0.2, 0) is 11.0 Å². The molecule has 0 fully saturated rings. The van der Waals surface area contributed by atoms with Gasteiger partial charge in [-0.1, -0.05) is 17.3 Å². The summed E-state index contributed by atoms with van der Waals surface area (Å²) in [6, 6.07) is 5.41. The van der Waals surface area contributed by atoms with E-state index < -0.39 is 23.6 Å². The molecule has 2 amide bonds. The summed E-state index contributed by atoms with van der Waals surface area (Å²) in [6.45, 7) is 3.09. The Hall–Kier alpha value is -3.10. The first-order valence-electron chi connectivity index (χ1n) is 7.09. The van der Waals surface area contributed by atoms with Gasteiger partial charge in [-0.05, 0) is 18.2 Å². The number of carbonyl (C=O) groups excluding carboxylic acids is 2. The molecule has 6 nitrogen and oxygen atoms in total. The highest BCUT2D eigenvalue weighted by Gasteiger charge is 2.31. The van der Waals surface area contributed by atoms with Gasteiger partial charge in [-0.2, -0.15) is 13.2 Å². The van der Waals surface area contributed by atoms with Gasteiger partial charge in [-0.3, -0.25) is 9.59 Å². The minimum atomic E-state index is -4.57. The summed E-state index contributed by atoms with van der Waals surface area (Å²) in [5.74, 6) is -1.13. The molecule has 0 bridgehead atoms. The van der Waals surface area contributed by atoms with E-state index in [1.807, 2.05) is 0 Å². The minimum Gasteiger partial charge on any atom is -0.363 e. The van der Waals surface area contributed by atoms with Gasteiger partial charge in [0.1, 0.15) is 12.8 Å². The molecule has 0 atom stereocenters. The molecule has 1 aromatic carbocycles. The van der Waals surface area contributed by atoms with Crippen molar-refractivity contribution >= 4 is 17.6 Å². The third kappa shape index (κ3) is 4.93. The Kier molecular flexibility index (Phi) is 5.58. The Balaban J connectivity index is 2.14. The maximum atomic E-state index is 12.8. The molecule has 1 N–H and O–H groups in total. The first-order chi connectivity index (χ1) is 11.8. The van der Waals surface area contributed by atoms with E-state index in [2.05, 4.69) is 21.6 Å². The molecular formula is C16H14F3N3O3. The molecule has 132 valence electrons. The van der Waals surface area contributed by atoms with Crippen LogP contribution in [0.25, 0.3) is 0 Å². The van der Waals surface area contributed by atoms with E-state index in [-0.39, 0.29) is 24.5 Å². The number of hydrogen-bond acceptors (Lipinski definition) is 4. The van der Waals surface area contributed by atoms with Gasteiger partial charge in [-0.25, -0.2) is 0 Å². The van der Waals surface area contributed by atoms with E-state index in [1.54, 1.807) is 0 Å². The third-order valence-electron chi connectivity index (χ3n) is 3.11. The molecule has 0 saturated heterocycles. The van der Waals surface area contributed by atoms with Gasteiger partial charge in [0, 0.05) is 18.2 Å². The summed E-state index contributed by atoms with van der Waals surface area (Å²) in [5.41, 5.74) is -1.12. The summed E-state index contributed by atoms with van der Waals surface area (Å²) >= 11 is 0.